The van der Waals surface area contributed by atoms with Gasteiger partial charge in [-0.1, -0.05) is 27.5 Å². The predicted octanol–water partition coefficient (Wildman–Crippen LogP) is 6.15. The zero-order chi connectivity index (χ0) is 16.9. The lowest BCUT2D eigenvalue weighted by Crippen LogP contribution is -2.11. The number of benzene rings is 3. The zero-order valence-corrected chi connectivity index (χ0v) is 14.8. The van der Waals surface area contributed by atoms with Crippen LogP contribution in [0.1, 0.15) is 10.4 Å². The second-order valence-electron chi connectivity index (χ2n) is 5.04. The Morgan fingerprint density at radius 2 is 1.38 bits per heavy atom. The minimum atomic E-state index is -0.187. The van der Waals surface area contributed by atoms with Crippen molar-refractivity contribution in [2.24, 2.45) is 0 Å². The Morgan fingerprint density at radius 3 is 1.96 bits per heavy atom. The number of anilines is 1. The summed E-state index contributed by atoms with van der Waals surface area (Å²) in [4.78, 5) is 12.1. The molecule has 1 amide bonds. The Morgan fingerprint density at radius 1 is 0.833 bits per heavy atom. The molecule has 120 valence electrons. The van der Waals surface area contributed by atoms with Crippen LogP contribution in [0.3, 0.4) is 0 Å². The van der Waals surface area contributed by atoms with Crippen molar-refractivity contribution < 1.29 is 9.53 Å². The highest BCUT2D eigenvalue weighted by atomic mass is 79.9. The molecule has 0 fully saturated rings. The quantitative estimate of drug-likeness (QED) is 0.568. The number of rotatable bonds is 4. The van der Waals surface area contributed by atoms with Crippen molar-refractivity contribution in [3.05, 3.63) is 87.9 Å². The van der Waals surface area contributed by atoms with Gasteiger partial charge in [0, 0.05) is 20.7 Å². The van der Waals surface area contributed by atoms with Gasteiger partial charge in [-0.2, -0.15) is 0 Å². The van der Waals surface area contributed by atoms with E-state index >= 15 is 0 Å². The van der Waals surface area contributed by atoms with Crippen LogP contribution in [0.25, 0.3) is 0 Å². The zero-order valence-electron chi connectivity index (χ0n) is 12.5. The van der Waals surface area contributed by atoms with Gasteiger partial charge in [-0.15, -0.1) is 0 Å². The molecule has 0 heterocycles. The molecule has 0 saturated heterocycles. The third kappa shape index (κ3) is 4.37. The molecular weight excluding hydrogens is 390 g/mol. The summed E-state index contributed by atoms with van der Waals surface area (Å²) < 4.78 is 6.74. The van der Waals surface area contributed by atoms with Crippen molar-refractivity contribution in [2.75, 3.05) is 5.32 Å². The average molecular weight is 403 g/mol. The summed E-state index contributed by atoms with van der Waals surface area (Å²) in [5, 5.41) is 3.43. The van der Waals surface area contributed by atoms with Crippen molar-refractivity contribution in [3.8, 4) is 11.5 Å². The van der Waals surface area contributed by atoms with E-state index in [0.717, 1.165) is 10.2 Å². The van der Waals surface area contributed by atoms with Crippen LogP contribution in [0.2, 0.25) is 5.02 Å². The summed E-state index contributed by atoms with van der Waals surface area (Å²) in [5.41, 5.74) is 1.24. The molecule has 0 radical (unpaired) electrons. The van der Waals surface area contributed by atoms with Crippen LogP contribution in [0.5, 0.6) is 11.5 Å². The molecule has 24 heavy (non-hydrogen) atoms. The third-order valence-corrected chi connectivity index (χ3v) is 4.05. The van der Waals surface area contributed by atoms with Gasteiger partial charge in [-0.3, -0.25) is 4.79 Å². The molecule has 3 aromatic rings. The second-order valence-corrected chi connectivity index (χ2v) is 6.39. The van der Waals surface area contributed by atoms with Crippen LogP contribution in [-0.2, 0) is 0 Å². The van der Waals surface area contributed by atoms with Crippen LogP contribution >= 0.6 is 27.5 Å². The fraction of sp³-hybridized carbons (Fsp3) is 0. The maximum atomic E-state index is 12.1. The van der Waals surface area contributed by atoms with E-state index in [1.807, 2.05) is 24.3 Å². The fourth-order valence-corrected chi connectivity index (χ4v) is 2.44. The molecule has 5 heteroatoms. The molecule has 0 aliphatic rings. The molecule has 0 spiro atoms. The smallest absolute Gasteiger partial charge is 0.255 e. The van der Waals surface area contributed by atoms with Crippen LogP contribution in [0, 0.1) is 0 Å². The van der Waals surface area contributed by atoms with Gasteiger partial charge in [-0.25, -0.2) is 0 Å². The number of hydrogen-bond donors (Lipinski definition) is 1. The van der Waals surface area contributed by atoms with Crippen molar-refractivity contribution in [2.45, 2.75) is 0 Å². The van der Waals surface area contributed by atoms with E-state index in [2.05, 4.69) is 21.2 Å². The molecule has 0 unspecified atom stereocenters. The van der Waals surface area contributed by atoms with Crippen LogP contribution in [0.15, 0.2) is 77.3 Å². The monoisotopic (exact) mass is 401 g/mol. The molecule has 0 aliphatic heterocycles. The molecule has 0 atom stereocenters. The summed E-state index contributed by atoms with van der Waals surface area (Å²) in [5.74, 6) is 1.26. The first-order chi connectivity index (χ1) is 11.6. The lowest BCUT2D eigenvalue weighted by atomic mass is 10.2. The van der Waals surface area contributed by atoms with Gasteiger partial charge >= 0.3 is 0 Å². The largest absolute Gasteiger partial charge is 0.457 e. The second kappa shape index (κ2) is 7.51. The van der Waals surface area contributed by atoms with Crippen LogP contribution < -0.4 is 10.1 Å². The first-order valence-corrected chi connectivity index (χ1v) is 8.38. The van der Waals surface area contributed by atoms with E-state index < -0.39 is 0 Å². The standard InChI is InChI=1S/C19H13BrClNO2/c20-14-3-9-17(10-4-14)24-18-11-7-16(8-12-18)22-19(23)13-1-5-15(21)6-2-13/h1-12H,(H,22,23). The number of ether oxygens (including phenoxy) is 1. The minimum Gasteiger partial charge on any atom is -0.457 e. The van der Waals surface area contributed by atoms with Gasteiger partial charge < -0.3 is 10.1 Å². The number of nitrogens with one attached hydrogen (secondary N) is 1. The van der Waals surface area contributed by atoms with Crippen molar-refractivity contribution in [1.29, 1.82) is 0 Å². The van der Waals surface area contributed by atoms with E-state index in [-0.39, 0.29) is 5.91 Å². The van der Waals surface area contributed by atoms with Crippen molar-refractivity contribution in [3.63, 3.8) is 0 Å². The average Bonchev–Trinajstić information content (AvgIpc) is 2.59. The highest BCUT2D eigenvalue weighted by Crippen LogP contribution is 2.24. The van der Waals surface area contributed by atoms with Crippen molar-refractivity contribution >= 4 is 39.1 Å². The maximum Gasteiger partial charge on any atom is 0.255 e. The lowest BCUT2D eigenvalue weighted by Gasteiger charge is -2.08. The summed E-state index contributed by atoms with van der Waals surface area (Å²) in [6, 6.07) is 21.5. The maximum absolute atomic E-state index is 12.1. The SMILES string of the molecule is O=C(Nc1ccc(Oc2ccc(Br)cc2)cc1)c1ccc(Cl)cc1. The summed E-state index contributed by atoms with van der Waals surface area (Å²) in [7, 11) is 0. The van der Waals surface area contributed by atoms with Gasteiger partial charge in [0.15, 0.2) is 0 Å². The molecule has 0 aromatic heterocycles. The van der Waals surface area contributed by atoms with E-state index in [1.165, 1.54) is 0 Å². The Kier molecular flexibility index (Phi) is 5.18. The van der Waals surface area contributed by atoms with Gasteiger partial charge in [0.2, 0.25) is 0 Å². The topological polar surface area (TPSA) is 38.3 Å². The van der Waals surface area contributed by atoms with Gasteiger partial charge in [0.05, 0.1) is 0 Å². The molecule has 0 aliphatic carbocycles. The first kappa shape index (κ1) is 16.6. The van der Waals surface area contributed by atoms with E-state index in [1.54, 1.807) is 48.5 Å². The molecule has 0 bridgehead atoms. The Balaban J connectivity index is 1.64. The molecule has 1 N–H and O–H groups in total. The van der Waals surface area contributed by atoms with Gasteiger partial charge in [-0.05, 0) is 72.8 Å². The number of carbonyl (C=O) groups excluding carboxylic acids is 1. The Labute approximate surface area is 153 Å². The highest BCUT2D eigenvalue weighted by Gasteiger charge is 2.06. The highest BCUT2D eigenvalue weighted by molar-refractivity contribution is 9.10. The number of amides is 1. The number of halogens is 2. The molecule has 0 saturated carbocycles. The van der Waals surface area contributed by atoms with Gasteiger partial charge in [0.1, 0.15) is 11.5 Å². The van der Waals surface area contributed by atoms with E-state index in [4.69, 9.17) is 16.3 Å². The summed E-state index contributed by atoms with van der Waals surface area (Å²) >= 11 is 9.20. The Bertz CT molecular complexity index is 831. The fourth-order valence-electron chi connectivity index (χ4n) is 2.05. The minimum absolute atomic E-state index is 0.187. The first-order valence-electron chi connectivity index (χ1n) is 7.20. The third-order valence-electron chi connectivity index (χ3n) is 3.27. The number of hydrogen-bond acceptors (Lipinski definition) is 2. The number of carbonyl (C=O) groups is 1. The molecule has 3 aromatic carbocycles. The normalized spacial score (nSPS) is 10.2. The van der Waals surface area contributed by atoms with E-state index in [0.29, 0.717) is 22.0 Å². The lowest BCUT2D eigenvalue weighted by molar-refractivity contribution is 0.102. The summed E-state index contributed by atoms with van der Waals surface area (Å²) in [6.45, 7) is 0. The van der Waals surface area contributed by atoms with E-state index in [9.17, 15) is 4.79 Å². The Hall–Kier alpha value is -2.30. The molecular formula is C19H13BrClNO2. The van der Waals surface area contributed by atoms with Gasteiger partial charge in [0.25, 0.3) is 5.91 Å². The van der Waals surface area contributed by atoms with Crippen molar-refractivity contribution in [1.82, 2.24) is 0 Å². The van der Waals surface area contributed by atoms with Crippen LogP contribution in [0.4, 0.5) is 5.69 Å². The predicted molar refractivity (Wildman–Crippen MR) is 100 cm³/mol. The molecule has 3 nitrogen and oxygen atoms in total. The molecule has 3 rings (SSSR count). The van der Waals surface area contributed by atoms with Crippen LogP contribution in [-0.4, -0.2) is 5.91 Å². The summed E-state index contributed by atoms with van der Waals surface area (Å²) in [6.07, 6.45) is 0.